The highest BCUT2D eigenvalue weighted by Crippen LogP contribution is 2.45. The van der Waals surface area contributed by atoms with E-state index in [0.717, 1.165) is 21.9 Å². The summed E-state index contributed by atoms with van der Waals surface area (Å²) in [6.07, 6.45) is 0. The molecule has 0 saturated carbocycles. The maximum atomic E-state index is 12.6. The van der Waals surface area contributed by atoms with Gasteiger partial charge in [0.15, 0.2) is 0 Å². The molecule has 0 amide bonds. The number of nitrogens with zero attached hydrogens (tertiary/aromatic N) is 1. The summed E-state index contributed by atoms with van der Waals surface area (Å²) in [5, 5.41) is 12.0. The van der Waals surface area contributed by atoms with Crippen molar-refractivity contribution in [2.75, 3.05) is 7.11 Å². The zero-order valence-electron chi connectivity index (χ0n) is 18.3. The Bertz CT molecular complexity index is 1490. The number of ether oxygens (including phenoxy) is 3. The van der Waals surface area contributed by atoms with Crippen LogP contribution < -0.4 is 19.9 Å². The van der Waals surface area contributed by atoms with Crippen LogP contribution >= 0.6 is 0 Å². The van der Waals surface area contributed by atoms with E-state index in [4.69, 9.17) is 19.9 Å². The zero-order chi connectivity index (χ0) is 23.7. The van der Waals surface area contributed by atoms with Crippen molar-refractivity contribution in [3.8, 4) is 23.3 Å². The summed E-state index contributed by atoms with van der Waals surface area (Å²) in [6, 6.07) is 28.0. The minimum Gasteiger partial charge on any atom is -0.497 e. The van der Waals surface area contributed by atoms with Crippen LogP contribution in [0.4, 0.5) is 0 Å². The average Bonchev–Trinajstić information content (AvgIpc) is 2.87. The van der Waals surface area contributed by atoms with Crippen LogP contribution in [0.15, 0.2) is 96.4 Å². The molecule has 0 spiro atoms. The lowest BCUT2D eigenvalue weighted by atomic mass is 9.81. The number of esters is 1. The highest BCUT2D eigenvalue weighted by atomic mass is 16.5. The number of hydrogen-bond donors (Lipinski definition) is 1. The lowest BCUT2D eigenvalue weighted by molar-refractivity contribution is 0.0734. The molecular weight excluding hydrogens is 428 g/mol. The molecule has 1 aliphatic rings. The molecule has 0 aliphatic carbocycles. The minimum atomic E-state index is -0.526. The predicted octanol–water partition coefficient (Wildman–Crippen LogP) is 5.29. The first-order valence-corrected chi connectivity index (χ1v) is 10.6. The van der Waals surface area contributed by atoms with Crippen LogP contribution in [0.25, 0.3) is 10.8 Å². The molecular formula is C28H20N2O4. The Labute approximate surface area is 196 Å². The van der Waals surface area contributed by atoms with Gasteiger partial charge in [-0.15, -0.1) is 0 Å². The van der Waals surface area contributed by atoms with E-state index in [1.807, 2.05) is 42.5 Å². The Balaban J connectivity index is 1.54. The number of allylic oxidation sites excluding steroid dienone is 1. The van der Waals surface area contributed by atoms with Crippen LogP contribution in [0.3, 0.4) is 0 Å². The van der Waals surface area contributed by atoms with Gasteiger partial charge in [-0.1, -0.05) is 54.6 Å². The quantitative estimate of drug-likeness (QED) is 0.337. The highest BCUT2D eigenvalue weighted by Gasteiger charge is 2.32. The van der Waals surface area contributed by atoms with Crippen molar-refractivity contribution < 1.29 is 19.0 Å². The molecule has 4 aromatic rings. The van der Waals surface area contributed by atoms with Crippen LogP contribution in [-0.4, -0.2) is 13.1 Å². The Morgan fingerprint density at radius 3 is 2.56 bits per heavy atom. The van der Waals surface area contributed by atoms with Gasteiger partial charge in [-0.3, -0.25) is 0 Å². The van der Waals surface area contributed by atoms with Gasteiger partial charge >= 0.3 is 5.97 Å². The number of carbonyl (C=O) groups is 1. The zero-order valence-corrected chi connectivity index (χ0v) is 18.3. The molecule has 6 nitrogen and oxygen atoms in total. The fourth-order valence-corrected chi connectivity index (χ4v) is 4.24. The SMILES string of the molecule is COc1cccc(C(=O)Oc2ccc3c(c2)OC(N)=C(C#N)C3c2cccc3ccccc23)c1. The summed E-state index contributed by atoms with van der Waals surface area (Å²) in [5.74, 6) is 0.388. The first-order valence-electron chi connectivity index (χ1n) is 10.6. The standard InChI is InChI=1S/C28H20N2O4/c1-32-19-9-4-8-18(14-19)28(31)33-20-12-13-23-25(15-20)34-27(30)24(16-29)26(23)22-11-5-7-17-6-2-3-10-21(17)22/h2-15,26H,30H2,1H3. The van der Waals surface area contributed by atoms with E-state index in [1.54, 1.807) is 42.5 Å². The van der Waals surface area contributed by atoms with Crippen LogP contribution in [-0.2, 0) is 0 Å². The molecule has 166 valence electrons. The van der Waals surface area contributed by atoms with E-state index in [0.29, 0.717) is 28.4 Å². The van der Waals surface area contributed by atoms with Gasteiger partial charge in [-0.05, 0) is 40.6 Å². The summed E-state index contributed by atoms with van der Waals surface area (Å²) in [7, 11) is 1.53. The van der Waals surface area contributed by atoms with Crippen molar-refractivity contribution in [2.45, 2.75) is 5.92 Å². The van der Waals surface area contributed by atoms with Gasteiger partial charge in [0.05, 0.1) is 18.6 Å². The largest absolute Gasteiger partial charge is 0.497 e. The minimum absolute atomic E-state index is 0.0317. The summed E-state index contributed by atoms with van der Waals surface area (Å²) >= 11 is 0. The second kappa shape index (κ2) is 8.64. The topological polar surface area (TPSA) is 94.6 Å². The summed E-state index contributed by atoms with van der Waals surface area (Å²) in [6.45, 7) is 0. The van der Waals surface area contributed by atoms with E-state index in [2.05, 4.69) is 6.07 Å². The van der Waals surface area contributed by atoms with Crippen molar-refractivity contribution in [3.05, 3.63) is 113 Å². The van der Waals surface area contributed by atoms with Gasteiger partial charge in [0.25, 0.3) is 0 Å². The summed E-state index contributed by atoms with van der Waals surface area (Å²) in [4.78, 5) is 12.6. The van der Waals surface area contributed by atoms with Gasteiger partial charge in [0.2, 0.25) is 5.88 Å². The maximum Gasteiger partial charge on any atom is 0.343 e. The van der Waals surface area contributed by atoms with E-state index in [-0.39, 0.29) is 5.88 Å². The highest BCUT2D eigenvalue weighted by molar-refractivity contribution is 5.91. The molecule has 0 bridgehead atoms. The van der Waals surface area contributed by atoms with Gasteiger partial charge in [-0.25, -0.2) is 4.79 Å². The van der Waals surface area contributed by atoms with E-state index in [9.17, 15) is 10.1 Å². The second-order valence-electron chi connectivity index (χ2n) is 7.81. The fourth-order valence-electron chi connectivity index (χ4n) is 4.24. The number of benzene rings is 4. The molecule has 1 heterocycles. The number of methoxy groups -OCH3 is 1. The smallest absolute Gasteiger partial charge is 0.343 e. The van der Waals surface area contributed by atoms with Crippen LogP contribution in [0, 0.1) is 11.3 Å². The van der Waals surface area contributed by atoms with Crippen molar-refractivity contribution >= 4 is 16.7 Å². The lowest BCUT2D eigenvalue weighted by Gasteiger charge is -2.27. The molecule has 0 radical (unpaired) electrons. The number of rotatable bonds is 4. The molecule has 34 heavy (non-hydrogen) atoms. The maximum absolute atomic E-state index is 12.6. The molecule has 1 atom stereocenters. The van der Waals surface area contributed by atoms with Crippen molar-refractivity contribution in [3.63, 3.8) is 0 Å². The number of nitrogens with two attached hydrogens (primary N) is 1. The molecule has 5 rings (SSSR count). The lowest BCUT2D eigenvalue weighted by Crippen LogP contribution is -2.21. The summed E-state index contributed by atoms with van der Waals surface area (Å²) < 4.78 is 16.5. The summed E-state index contributed by atoms with van der Waals surface area (Å²) in [5.41, 5.74) is 8.58. The van der Waals surface area contributed by atoms with Gasteiger partial charge < -0.3 is 19.9 Å². The first kappa shape index (κ1) is 21.1. The number of fused-ring (bicyclic) bond motifs is 2. The number of hydrogen-bond acceptors (Lipinski definition) is 6. The van der Waals surface area contributed by atoms with Crippen molar-refractivity contribution in [1.82, 2.24) is 0 Å². The van der Waals surface area contributed by atoms with Crippen LogP contribution in [0.2, 0.25) is 0 Å². The van der Waals surface area contributed by atoms with Crippen molar-refractivity contribution in [2.24, 2.45) is 5.73 Å². The number of carbonyl (C=O) groups excluding carboxylic acids is 1. The van der Waals surface area contributed by atoms with E-state index < -0.39 is 11.9 Å². The normalized spacial score (nSPS) is 14.6. The Kier molecular flexibility index (Phi) is 5.36. The monoisotopic (exact) mass is 448 g/mol. The Morgan fingerprint density at radius 2 is 1.74 bits per heavy atom. The molecule has 6 heteroatoms. The third-order valence-corrected chi connectivity index (χ3v) is 5.84. The first-order chi connectivity index (χ1) is 16.6. The van der Waals surface area contributed by atoms with E-state index in [1.165, 1.54) is 7.11 Å². The third kappa shape index (κ3) is 3.70. The Hall–Kier alpha value is -4.76. The molecule has 4 aromatic carbocycles. The molecule has 0 fully saturated rings. The molecule has 2 N–H and O–H groups in total. The second-order valence-corrected chi connectivity index (χ2v) is 7.81. The molecule has 0 saturated heterocycles. The Morgan fingerprint density at radius 1 is 0.941 bits per heavy atom. The van der Waals surface area contributed by atoms with Gasteiger partial charge in [0, 0.05) is 11.6 Å². The predicted molar refractivity (Wildman–Crippen MR) is 128 cm³/mol. The number of nitriles is 1. The van der Waals surface area contributed by atoms with E-state index >= 15 is 0 Å². The van der Waals surface area contributed by atoms with Gasteiger partial charge in [-0.2, -0.15) is 5.26 Å². The molecule has 0 aromatic heterocycles. The van der Waals surface area contributed by atoms with Crippen LogP contribution in [0.1, 0.15) is 27.4 Å². The van der Waals surface area contributed by atoms with Gasteiger partial charge in [0.1, 0.15) is 28.9 Å². The van der Waals surface area contributed by atoms with Crippen LogP contribution in [0.5, 0.6) is 17.2 Å². The molecule has 1 unspecified atom stereocenters. The average molecular weight is 448 g/mol. The van der Waals surface area contributed by atoms with Crippen molar-refractivity contribution in [1.29, 1.82) is 5.26 Å². The fraction of sp³-hybridized carbons (Fsp3) is 0.0714. The molecule has 1 aliphatic heterocycles. The third-order valence-electron chi connectivity index (χ3n) is 5.84.